The molecule has 1 aromatic heterocycles. The molecule has 0 spiro atoms. The average molecular weight is 342 g/mol. The summed E-state index contributed by atoms with van der Waals surface area (Å²) >= 11 is 0. The number of nitrogens with one attached hydrogen (secondary N) is 1. The van der Waals surface area contributed by atoms with Crippen molar-refractivity contribution in [1.82, 2.24) is 9.71 Å². The fraction of sp³-hybridized carbons (Fsp3) is 0.167. The molecule has 24 heavy (non-hydrogen) atoms. The van der Waals surface area contributed by atoms with E-state index in [1.54, 1.807) is 12.1 Å². The van der Waals surface area contributed by atoms with Gasteiger partial charge in [-0.15, -0.1) is 0 Å². The summed E-state index contributed by atoms with van der Waals surface area (Å²) in [4.78, 5) is 4.01. The second-order valence-corrected chi connectivity index (χ2v) is 7.54. The molecule has 0 radical (unpaired) electrons. The molecule has 1 atom stereocenters. The first-order valence-corrected chi connectivity index (χ1v) is 9.18. The van der Waals surface area contributed by atoms with E-state index in [-0.39, 0.29) is 21.8 Å². The Kier molecular flexibility index (Phi) is 3.58. The van der Waals surface area contributed by atoms with E-state index in [0.717, 1.165) is 30.0 Å². The molecular weight excluding hydrogens is 327 g/mol. The number of aryl methyl sites for hydroxylation is 1. The topological polar surface area (TPSA) is 59.1 Å². The molecule has 0 amide bonds. The summed E-state index contributed by atoms with van der Waals surface area (Å²) in [5, 5.41) is 0.288. The lowest BCUT2D eigenvalue weighted by molar-refractivity contribution is 0.555. The number of pyridine rings is 1. The summed E-state index contributed by atoms with van der Waals surface area (Å²) in [6, 6.07) is 13.2. The highest BCUT2D eigenvalue weighted by molar-refractivity contribution is 7.89. The standard InChI is InChI=1S/C18H15FN2O2S/c19-15-8-10-17(14-6-3-11-20-18(14)15)24(22,23)21-16-9-7-12-4-1-2-5-13(12)16/h1-6,8,10-11,16,21H,7,9H2/t16-/m1/s1. The van der Waals surface area contributed by atoms with Crippen molar-refractivity contribution < 1.29 is 12.8 Å². The first-order chi connectivity index (χ1) is 11.6. The summed E-state index contributed by atoms with van der Waals surface area (Å²) in [6.07, 6.45) is 3.01. The minimum absolute atomic E-state index is 0.0522. The van der Waals surface area contributed by atoms with Gasteiger partial charge >= 0.3 is 0 Å². The van der Waals surface area contributed by atoms with E-state index in [2.05, 4.69) is 9.71 Å². The molecule has 0 unspecified atom stereocenters. The van der Waals surface area contributed by atoms with Crippen LogP contribution in [0.25, 0.3) is 10.9 Å². The van der Waals surface area contributed by atoms with Crippen molar-refractivity contribution in [2.24, 2.45) is 0 Å². The van der Waals surface area contributed by atoms with Gasteiger partial charge in [0, 0.05) is 17.6 Å². The SMILES string of the molecule is O=S(=O)(N[C@@H]1CCc2ccccc21)c1ccc(F)c2ncccc12. The zero-order valence-corrected chi connectivity index (χ0v) is 13.6. The number of rotatable bonds is 3. The molecule has 1 aliphatic rings. The largest absolute Gasteiger partial charge is 0.253 e. The number of hydrogen-bond donors (Lipinski definition) is 1. The Labute approximate surface area is 139 Å². The number of benzene rings is 2. The Hall–Kier alpha value is -2.31. The van der Waals surface area contributed by atoms with Crippen LogP contribution in [-0.2, 0) is 16.4 Å². The highest BCUT2D eigenvalue weighted by Gasteiger charge is 2.28. The predicted octanol–water partition coefficient (Wildman–Crippen LogP) is 3.34. The van der Waals surface area contributed by atoms with Gasteiger partial charge in [0.05, 0.1) is 4.90 Å². The summed E-state index contributed by atoms with van der Waals surface area (Å²) in [5.74, 6) is -0.532. The van der Waals surface area contributed by atoms with E-state index in [0.29, 0.717) is 0 Å². The quantitative estimate of drug-likeness (QED) is 0.794. The van der Waals surface area contributed by atoms with E-state index in [9.17, 15) is 12.8 Å². The number of fused-ring (bicyclic) bond motifs is 2. The van der Waals surface area contributed by atoms with Gasteiger partial charge in [-0.2, -0.15) is 0 Å². The van der Waals surface area contributed by atoms with Crippen molar-refractivity contribution in [2.75, 3.05) is 0 Å². The van der Waals surface area contributed by atoms with Crippen LogP contribution in [0.5, 0.6) is 0 Å². The molecule has 122 valence electrons. The van der Waals surface area contributed by atoms with Gasteiger partial charge in [0.15, 0.2) is 0 Å². The van der Waals surface area contributed by atoms with Gasteiger partial charge in [-0.05, 0) is 48.2 Å². The normalized spacial score (nSPS) is 17.1. The molecule has 1 aliphatic carbocycles. The Balaban J connectivity index is 1.76. The zero-order chi connectivity index (χ0) is 16.7. The van der Waals surface area contributed by atoms with Crippen LogP contribution in [0.4, 0.5) is 4.39 Å². The summed E-state index contributed by atoms with van der Waals surface area (Å²) in [5.41, 5.74) is 2.23. The lowest BCUT2D eigenvalue weighted by Crippen LogP contribution is -2.27. The molecule has 0 saturated heterocycles. The van der Waals surface area contributed by atoms with Gasteiger partial charge < -0.3 is 0 Å². The minimum Gasteiger partial charge on any atom is -0.253 e. The summed E-state index contributed by atoms with van der Waals surface area (Å²) in [7, 11) is -3.79. The van der Waals surface area contributed by atoms with Gasteiger partial charge in [-0.3, -0.25) is 4.98 Å². The Morgan fingerprint density at radius 1 is 1.08 bits per heavy atom. The van der Waals surface area contributed by atoms with Crippen LogP contribution < -0.4 is 4.72 Å². The molecule has 4 nitrogen and oxygen atoms in total. The third-order valence-electron chi connectivity index (χ3n) is 4.40. The lowest BCUT2D eigenvalue weighted by atomic mass is 10.1. The fourth-order valence-corrected chi connectivity index (χ4v) is 4.72. The van der Waals surface area contributed by atoms with E-state index in [4.69, 9.17) is 0 Å². The average Bonchev–Trinajstić information content (AvgIpc) is 2.98. The van der Waals surface area contributed by atoms with Crippen molar-refractivity contribution in [2.45, 2.75) is 23.8 Å². The first kappa shape index (κ1) is 15.2. The first-order valence-electron chi connectivity index (χ1n) is 7.69. The Morgan fingerprint density at radius 2 is 1.92 bits per heavy atom. The number of aromatic nitrogens is 1. The molecule has 4 rings (SSSR count). The summed E-state index contributed by atoms with van der Waals surface area (Å²) < 4.78 is 42.4. The lowest BCUT2D eigenvalue weighted by Gasteiger charge is -2.15. The van der Waals surface area contributed by atoms with E-state index >= 15 is 0 Å². The predicted molar refractivity (Wildman–Crippen MR) is 89.5 cm³/mol. The third kappa shape index (κ3) is 2.48. The number of halogens is 1. The Bertz CT molecular complexity index is 1030. The molecule has 6 heteroatoms. The van der Waals surface area contributed by atoms with Crippen LogP contribution >= 0.6 is 0 Å². The number of hydrogen-bond acceptors (Lipinski definition) is 3. The molecule has 0 bridgehead atoms. The number of nitrogens with zero attached hydrogens (tertiary/aromatic N) is 1. The molecular formula is C18H15FN2O2S. The van der Waals surface area contributed by atoms with E-state index < -0.39 is 15.8 Å². The van der Waals surface area contributed by atoms with Crippen molar-refractivity contribution in [3.8, 4) is 0 Å². The van der Waals surface area contributed by atoms with Crippen LogP contribution in [-0.4, -0.2) is 13.4 Å². The molecule has 0 fully saturated rings. The molecule has 1 N–H and O–H groups in total. The molecule has 0 saturated carbocycles. The number of sulfonamides is 1. The summed E-state index contributed by atoms with van der Waals surface area (Å²) in [6.45, 7) is 0. The second-order valence-electron chi connectivity index (χ2n) is 5.86. The maximum absolute atomic E-state index is 13.9. The zero-order valence-electron chi connectivity index (χ0n) is 12.7. The smallest absolute Gasteiger partial charge is 0.241 e. The fourth-order valence-electron chi connectivity index (χ4n) is 3.28. The van der Waals surface area contributed by atoms with Gasteiger partial charge in [0.2, 0.25) is 10.0 Å². The van der Waals surface area contributed by atoms with Crippen LogP contribution in [0.15, 0.2) is 59.6 Å². The second kappa shape index (κ2) is 5.65. The molecule has 1 heterocycles. The monoisotopic (exact) mass is 342 g/mol. The molecule has 2 aromatic carbocycles. The highest BCUT2D eigenvalue weighted by Crippen LogP contribution is 2.33. The van der Waals surface area contributed by atoms with Crippen LogP contribution in [0.2, 0.25) is 0 Å². The van der Waals surface area contributed by atoms with Gasteiger partial charge in [0.25, 0.3) is 0 Å². The van der Waals surface area contributed by atoms with Crippen LogP contribution in [0.1, 0.15) is 23.6 Å². The van der Waals surface area contributed by atoms with Crippen LogP contribution in [0, 0.1) is 5.82 Å². The van der Waals surface area contributed by atoms with Gasteiger partial charge in [-0.1, -0.05) is 24.3 Å². The highest BCUT2D eigenvalue weighted by atomic mass is 32.2. The maximum Gasteiger partial charge on any atom is 0.241 e. The van der Waals surface area contributed by atoms with Crippen molar-refractivity contribution in [1.29, 1.82) is 0 Å². The van der Waals surface area contributed by atoms with Crippen molar-refractivity contribution in [3.05, 3.63) is 71.7 Å². The van der Waals surface area contributed by atoms with Crippen molar-refractivity contribution >= 4 is 20.9 Å². The molecule has 0 aliphatic heterocycles. The minimum atomic E-state index is -3.79. The maximum atomic E-state index is 13.9. The molecule has 3 aromatic rings. The van der Waals surface area contributed by atoms with Crippen molar-refractivity contribution in [3.63, 3.8) is 0 Å². The van der Waals surface area contributed by atoms with Crippen LogP contribution in [0.3, 0.4) is 0 Å². The van der Waals surface area contributed by atoms with Gasteiger partial charge in [0.1, 0.15) is 11.3 Å². The van der Waals surface area contributed by atoms with Gasteiger partial charge in [-0.25, -0.2) is 17.5 Å². The van der Waals surface area contributed by atoms with E-state index in [1.807, 2.05) is 24.3 Å². The van der Waals surface area contributed by atoms with E-state index in [1.165, 1.54) is 12.3 Å². The Morgan fingerprint density at radius 3 is 2.79 bits per heavy atom. The third-order valence-corrected chi connectivity index (χ3v) is 5.93.